The first-order valence-electron chi connectivity index (χ1n) is 6.25. The predicted molar refractivity (Wildman–Crippen MR) is 73.5 cm³/mol. The van der Waals surface area contributed by atoms with Gasteiger partial charge in [-0.15, -0.1) is 12.4 Å². The van der Waals surface area contributed by atoms with Crippen LogP contribution >= 0.6 is 12.4 Å². The van der Waals surface area contributed by atoms with Crippen LogP contribution in [0.25, 0.3) is 0 Å². The summed E-state index contributed by atoms with van der Waals surface area (Å²) in [7, 11) is 0. The monoisotopic (exact) mass is 277 g/mol. The molecule has 1 rings (SSSR count). The first-order chi connectivity index (χ1) is 7.99. The average Bonchev–Trinajstić information content (AvgIpc) is 2.99. The Morgan fingerprint density at radius 2 is 2.00 bits per heavy atom. The molecule has 0 aromatic heterocycles. The maximum Gasteiger partial charge on any atom is 0.237 e. The van der Waals surface area contributed by atoms with E-state index in [9.17, 15) is 9.59 Å². The van der Waals surface area contributed by atoms with Gasteiger partial charge in [0.15, 0.2) is 0 Å². The van der Waals surface area contributed by atoms with Crippen LogP contribution in [-0.4, -0.2) is 42.9 Å². The van der Waals surface area contributed by atoms with E-state index in [4.69, 9.17) is 5.73 Å². The highest BCUT2D eigenvalue weighted by Gasteiger charge is 2.22. The normalized spacial score (nSPS) is 14.2. The van der Waals surface area contributed by atoms with Crippen molar-refractivity contribution in [1.29, 1.82) is 0 Å². The minimum atomic E-state index is -0.457. The minimum Gasteiger partial charge on any atom is -0.368 e. The molecule has 1 fully saturated rings. The molecule has 6 heteroatoms. The summed E-state index contributed by atoms with van der Waals surface area (Å²) in [6, 6.07) is 0. The maximum atomic E-state index is 11.9. The SMILES string of the molecule is CC(C)CN(CC(N)=O)C(=O)CNCC1CC1.Cl. The number of nitrogens with zero attached hydrogens (tertiary/aromatic N) is 1. The average molecular weight is 278 g/mol. The van der Waals surface area contributed by atoms with Crippen molar-refractivity contribution in [3.63, 3.8) is 0 Å². The third kappa shape index (κ3) is 7.50. The van der Waals surface area contributed by atoms with Crippen LogP contribution in [0.4, 0.5) is 0 Å². The third-order valence-electron chi connectivity index (χ3n) is 2.69. The lowest BCUT2D eigenvalue weighted by atomic mass is 10.2. The number of nitrogens with one attached hydrogen (secondary N) is 1. The molecule has 18 heavy (non-hydrogen) atoms. The van der Waals surface area contributed by atoms with Gasteiger partial charge in [0.1, 0.15) is 0 Å². The number of primary amides is 1. The van der Waals surface area contributed by atoms with E-state index >= 15 is 0 Å². The summed E-state index contributed by atoms with van der Waals surface area (Å²) in [5.41, 5.74) is 5.14. The number of nitrogens with two attached hydrogens (primary N) is 1. The van der Waals surface area contributed by atoms with Crippen molar-refractivity contribution < 1.29 is 9.59 Å². The van der Waals surface area contributed by atoms with Gasteiger partial charge in [-0.05, 0) is 31.2 Å². The van der Waals surface area contributed by atoms with Gasteiger partial charge in [0.2, 0.25) is 11.8 Å². The fourth-order valence-electron chi connectivity index (χ4n) is 1.70. The Labute approximate surface area is 115 Å². The number of rotatable bonds is 8. The van der Waals surface area contributed by atoms with Crippen LogP contribution in [0.2, 0.25) is 0 Å². The molecule has 5 nitrogen and oxygen atoms in total. The number of carbonyl (C=O) groups is 2. The largest absolute Gasteiger partial charge is 0.368 e. The fourth-order valence-corrected chi connectivity index (χ4v) is 1.70. The summed E-state index contributed by atoms with van der Waals surface area (Å²) in [5, 5.41) is 3.13. The first kappa shape index (κ1) is 17.2. The molecule has 0 radical (unpaired) electrons. The van der Waals surface area contributed by atoms with Crippen LogP contribution in [-0.2, 0) is 9.59 Å². The van der Waals surface area contributed by atoms with E-state index in [1.54, 1.807) is 0 Å². The topological polar surface area (TPSA) is 75.4 Å². The number of carbonyl (C=O) groups excluding carboxylic acids is 2. The molecule has 0 unspecified atom stereocenters. The van der Waals surface area contributed by atoms with Gasteiger partial charge in [-0.25, -0.2) is 0 Å². The Hall–Kier alpha value is -0.810. The molecule has 1 aliphatic carbocycles. The van der Waals surface area contributed by atoms with Crippen molar-refractivity contribution >= 4 is 24.2 Å². The molecule has 0 bridgehead atoms. The molecule has 1 aliphatic rings. The van der Waals surface area contributed by atoms with Gasteiger partial charge < -0.3 is 16.0 Å². The zero-order valence-corrected chi connectivity index (χ0v) is 12.0. The maximum absolute atomic E-state index is 11.9. The van der Waals surface area contributed by atoms with Gasteiger partial charge in [0.05, 0.1) is 13.1 Å². The predicted octanol–water partition coefficient (Wildman–Crippen LogP) is 0.378. The smallest absolute Gasteiger partial charge is 0.237 e. The molecular weight excluding hydrogens is 254 g/mol. The van der Waals surface area contributed by atoms with Gasteiger partial charge in [0.25, 0.3) is 0 Å². The van der Waals surface area contributed by atoms with Crippen LogP contribution in [0.1, 0.15) is 26.7 Å². The van der Waals surface area contributed by atoms with Crippen LogP contribution in [0, 0.1) is 11.8 Å². The minimum absolute atomic E-state index is 0. The summed E-state index contributed by atoms with van der Waals surface area (Å²) in [4.78, 5) is 24.3. The molecule has 2 amide bonds. The van der Waals surface area contributed by atoms with E-state index in [0.29, 0.717) is 19.0 Å². The van der Waals surface area contributed by atoms with Gasteiger partial charge in [-0.3, -0.25) is 9.59 Å². The number of amides is 2. The zero-order chi connectivity index (χ0) is 12.8. The summed E-state index contributed by atoms with van der Waals surface area (Å²) in [6.07, 6.45) is 2.52. The Morgan fingerprint density at radius 1 is 1.39 bits per heavy atom. The fraction of sp³-hybridized carbons (Fsp3) is 0.833. The van der Waals surface area contributed by atoms with Crippen LogP contribution < -0.4 is 11.1 Å². The Kier molecular flexibility index (Phi) is 7.95. The van der Waals surface area contributed by atoms with Crippen LogP contribution in [0.15, 0.2) is 0 Å². The quantitative estimate of drug-likeness (QED) is 0.673. The van der Waals surface area contributed by atoms with Crippen LogP contribution in [0.3, 0.4) is 0 Å². The van der Waals surface area contributed by atoms with Crippen molar-refractivity contribution in [2.75, 3.05) is 26.2 Å². The lowest BCUT2D eigenvalue weighted by Gasteiger charge is -2.23. The highest BCUT2D eigenvalue weighted by atomic mass is 35.5. The second-order valence-electron chi connectivity index (χ2n) is 5.21. The molecule has 0 heterocycles. The summed E-state index contributed by atoms with van der Waals surface area (Å²) >= 11 is 0. The Balaban J connectivity index is 0.00000289. The second-order valence-corrected chi connectivity index (χ2v) is 5.21. The lowest BCUT2D eigenvalue weighted by Crippen LogP contribution is -2.44. The lowest BCUT2D eigenvalue weighted by molar-refractivity contribution is -0.134. The number of hydrogen-bond acceptors (Lipinski definition) is 3. The van der Waals surface area contributed by atoms with Crippen molar-refractivity contribution in [2.24, 2.45) is 17.6 Å². The molecule has 0 aliphatic heterocycles. The second kappa shape index (κ2) is 8.32. The van der Waals surface area contributed by atoms with E-state index in [0.717, 1.165) is 12.5 Å². The molecule has 106 valence electrons. The molecule has 1 saturated carbocycles. The zero-order valence-electron chi connectivity index (χ0n) is 11.1. The van der Waals surface area contributed by atoms with Crippen LogP contribution in [0.5, 0.6) is 0 Å². The highest BCUT2D eigenvalue weighted by Crippen LogP contribution is 2.27. The molecular formula is C12H24ClN3O2. The molecule has 0 aromatic rings. The van der Waals surface area contributed by atoms with Gasteiger partial charge >= 0.3 is 0 Å². The van der Waals surface area contributed by atoms with Crippen molar-refractivity contribution in [2.45, 2.75) is 26.7 Å². The number of hydrogen-bond donors (Lipinski definition) is 2. The van der Waals surface area contributed by atoms with Crippen molar-refractivity contribution in [1.82, 2.24) is 10.2 Å². The highest BCUT2D eigenvalue weighted by molar-refractivity contribution is 5.85. The first-order valence-corrected chi connectivity index (χ1v) is 6.25. The van der Waals surface area contributed by atoms with Crippen molar-refractivity contribution in [3.05, 3.63) is 0 Å². The van der Waals surface area contributed by atoms with Crippen molar-refractivity contribution in [3.8, 4) is 0 Å². The van der Waals surface area contributed by atoms with E-state index in [-0.39, 0.29) is 24.9 Å². The standard InChI is InChI=1S/C12H23N3O2.ClH/c1-9(2)7-15(8-11(13)16)12(17)6-14-5-10-3-4-10;/h9-10,14H,3-8H2,1-2H3,(H2,13,16);1H. The molecule has 0 saturated heterocycles. The van der Waals surface area contributed by atoms with Gasteiger partial charge in [0, 0.05) is 6.54 Å². The summed E-state index contributed by atoms with van der Waals surface area (Å²) in [6.45, 7) is 5.82. The molecule has 0 aromatic carbocycles. The van der Waals surface area contributed by atoms with E-state index < -0.39 is 5.91 Å². The van der Waals surface area contributed by atoms with Gasteiger partial charge in [-0.2, -0.15) is 0 Å². The summed E-state index contributed by atoms with van der Waals surface area (Å²) < 4.78 is 0. The van der Waals surface area contributed by atoms with Gasteiger partial charge in [-0.1, -0.05) is 13.8 Å². The molecule has 3 N–H and O–H groups in total. The van der Waals surface area contributed by atoms with E-state index in [2.05, 4.69) is 5.32 Å². The summed E-state index contributed by atoms with van der Waals surface area (Å²) in [5.74, 6) is 0.582. The molecule has 0 atom stereocenters. The number of halogens is 1. The Morgan fingerprint density at radius 3 is 2.44 bits per heavy atom. The van der Waals surface area contributed by atoms with E-state index in [1.807, 2.05) is 13.8 Å². The Bertz CT molecular complexity index is 280. The van der Waals surface area contributed by atoms with E-state index in [1.165, 1.54) is 17.7 Å². The third-order valence-corrected chi connectivity index (χ3v) is 2.69. The molecule has 0 spiro atoms.